The number of hydrogen-bond acceptors (Lipinski definition) is 5. The quantitative estimate of drug-likeness (QED) is 0.640. The van der Waals surface area contributed by atoms with Gasteiger partial charge in [0.1, 0.15) is 23.2 Å². The zero-order valence-electron chi connectivity index (χ0n) is 9.06. The van der Waals surface area contributed by atoms with Crippen LogP contribution in [0.2, 0.25) is 0 Å². The molecule has 1 aromatic rings. The second kappa shape index (κ2) is 4.71. The number of nitrogen functional groups attached to an aromatic ring is 1. The lowest BCUT2D eigenvalue weighted by atomic mass is 10.1. The Labute approximate surface area is 92.8 Å². The van der Waals surface area contributed by atoms with E-state index < -0.39 is 12.0 Å². The summed E-state index contributed by atoms with van der Waals surface area (Å²) in [6.45, 7) is 0. The maximum absolute atomic E-state index is 10.7. The molecule has 0 spiro atoms. The van der Waals surface area contributed by atoms with Gasteiger partial charge in [0.2, 0.25) is 0 Å². The van der Waals surface area contributed by atoms with Gasteiger partial charge in [0.05, 0.1) is 14.2 Å². The van der Waals surface area contributed by atoms with Crippen LogP contribution in [0.15, 0.2) is 12.1 Å². The molecule has 1 aromatic carbocycles. The number of rotatable bonds is 4. The molecule has 0 fully saturated rings. The van der Waals surface area contributed by atoms with Crippen LogP contribution in [-0.2, 0) is 4.79 Å². The van der Waals surface area contributed by atoms with E-state index in [2.05, 4.69) is 0 Å². The molecule has 88 valence electrons. The van der Waals surface area contributed by atoms with Crippen molar-refractivity contribution >= 4 is 11.7 Å². The summed E-state index contributed by atoms with van der Waals surface area (Å²) in [4.78, 5) is 10.7. The van der Waals surface area contributed by atoms with Crippen LogP contribution in [0.5, 0.6) is 11.5 Å². The zero-order valence-corrected chi connectivity index (χ0v) is 9.06. The van der Waals surface area contributed by atoms with Gasteiger partial charge in [-0.25, -0.2) is 0 Å². The predicted molar refractivity (Wildman–Crippen MR) is 58.5 cm³/mol. The van der Waals surface area contributed by atoms with E-state index in [-0.39, 0.29) is 0 Å². The number of carbonyl (C=O) groups is 1. The number of ether oxygens (including phenoxy) is 2. The number of methoxy groups -OCH3 is 2. The second-order valence-electron chi connectivity index (χ2n) is 3.16. The topological polar surface area (TPSA) is 108 Å². The Morgan fingerprint density at radius 1 is 1.31 bits per heavy atom. The molecule has 0 amide bonds. The summed E-state index contributed by atoms with van der Waals surface area (Å²) in [6.07, 6.45) is 0. The molecule has 6 heteroatoms. The maximum Gasteiger partial charge on any atom is 0.325 e. The molecular formula is C10H14N2O4. The van der Waals surface area contributed by atoms with Gasteiger partial charge in [-0.2, -0.15) is 0 Å². The van der Waals surface area contributed by atoms with E-state index in [0.29, 0.717) is 22.7 Å². The first-order chi connectivity index (χ1) is 7.51. The smallest absolute Gasteiger partial charge is 0.325 e. The summed E-state index contributed by atoms with van der Waals surface area (Å²) in [6, 6.07) is 1.83. The highest BCUT2D eigenvalue weighted by molar-refractivity contribution is 5.77. The number of carboxylic acids is 1. The summed E-state index contributed by atoms with van der Waals surface area (Å²) < 4.78 is 10.0. The van der Waals surface area contributed by atoms with Crippen molar-refractivity contribution in [1.82, 2.24) is 0 Å². The van der Waals surface area contributed by atoms with Crippen molar-refractivity contribution in [2.24, 2.45) is 5.73 Å². The van der Waals surface area contributed by atoms with Gasteiger partial charge in [0.15, 0.2) is 0 Å². The highest BCUT2D eigenvalue weighted by atomic mass is 16.5. The molecule has 0 bridgehead atoms. The Morgan fingerprint density at radius 2 is 1.75 bits per heavy atom. The molecule has 0 aliphatic rings. The fourth-order valence-electron chi connectivity index (χ4n) is 1.28. The molecule has 5 N–H and O–H groups in total. The van der Waals surface area contributed by atoms with Gasteiger partial charge in [-0.15, -0.1) is 0 Å². The van der Waals surface area contributed by atoms with Gasteiger partial charge in [-0.05, 0) is 17.7 Å². The third-order valence-corrected chi connectivity index (χ3v) is 2.19. The summed E-state index contributed by atoms with van der Waals surface area (Å²) in [7, 11) is 2.86. The number of benzene rings is 1. The Kier molecular flexibility index (Phi) is 3.57. The molecule has 6 nitrogen and oxygen atoms in total. The van der Waals surface area contributed by atoms with Crippen molar-refractivity contribution in [2.45, 2.75) is 6.04 Å². The van der Waals surface area contributed by atoms with Gasteiger partial charge in [-0.3, -0.25) is 4.79 Å². The van der Waals surface area contributed by atoms with E-state index in [1.165, 1.54) is 26.4 Å². The van der Waals surface area contributed by atoms with Gasteiger partial charge >= 0.3 is 5.97 Å². The summed E-state index contributed by atoms with van der Waals surface area (Å²) >= 11 is 0. The molecule has 0 heterocycles. The van der Waals surface area contributed by atoms with E-state index in [1.807, 2.05) is 0 Å². The van der Waals surface area contributed by atoms with Crippen molar-refractivity contribution in [3.8, 4) is 11.5 Å². The monoisotopic (exact) mass is 226 g/mol. The molecule has 0 aliphatic heterocycles. The van der Waals surface area contributed by atoms with Crippen molar-refractivity contribution < 1.29 is 19.4 Å². The lowest BCUT2D eigenvalue weighted by molar-refractivity contribution is -0.138. The first-order valence-corrected chi connectivity index (χ1v) is 4.51. The first-order valence-electron chi connectivity index (χ1n) is 4.51. The molecule has 0 aromatic heterocycles. The zero-order chi connectivity index (χ0) is 12.3. The molecule has 1 atom stereocenters. The van der Waals surface area contributed by atoms with E-state index in [9.17, 15) is 4.79 Å². The molecule has 0 saturated heterocycles. The van der Waals surface area contributed by atoms with Crippen LogP contribution in [0.3, 0.4) is 0 Å². The summed E-state index contributed by atoms with van der Waals surface area (Å²) in [5.41, 5.74) is 11.9. The molecule has 0 aliphatic carbocycles. The van der Waals surface area contributed by atoms with Gasteiger partial charge < -0.3 is 26.0 Å². The minimum atomic E-state index is -1.14. The van der Waals surface area contributed by atoms with Crippen molar-refractivity contribution in [2.75, 3.05) is 20.0 Å². The third-order valence-electron chi connectivity index (χ3n) is 2.19. The highest BCUT2D eigenvalue weighted by Crippen LogP contribution is 2.34. The average molecular weight is 226 g/mol. The van der Waals surface area contributed by atoms with Crippen molar-refractivity contribution in [3.63, 3.8) is 0 Å². The number of nitrogens with two attached hydrogens (primary N) is 2. The second-order valence-corrected chi connectivity index (χ2v) is 3.16. The van der Waals surface area contributed by atoms with E-state index >= 15 is 0 Å². The van der Waals surface area contributed by atoms with Crippen LogP contribution in [-0.4, -0.2) is 25.3 Å². The lowest BCUT2D eigenvalue weighted by Crippen LogP contribution is -2.20. The Hall–Kier alpha value is -1.95. The lowest BCUT2D eigenvalue weighted by Gasteiger charge is -2.14. The number of anilines is 1. The van der Waals surface area contributed by atoms with Crippen molar-refractivity contribution in [3.05, 3.63) is 17.7 Å². The first kappa shape index (κ1) is 12.1. The average Bonchev–Trinajstić information content (AvgIpc) is 2.28. The fraction of sp³-hybridized carbons (Fsp3) is 0.300. The maximum atomic E-state index is 10.7. The van der Waals surface area contributed by atoms with Crippen LogP contribution in [0.25, 0.3) is 0 Å². The molecule has 1 rings (SSSR count). The Morgan fingerprint density at radius 3 is 2.06 bits per heavy atom. The van der Waals surface area contributed by atoms with Gasteiger partial charge in [0.25, 0.3) is 0 Å². The number of hydrogen-bond donors (Lipinski definition) is 3. The minimum absolute atomic E-state index is 0.311. The van der Waals surface area contributed by atoms with Crippen LogP contribution in [0.4, 0.5) is 5.69 Å². The molecule has 0 radical (unpaired) electrons. The third kappa shape index (κ3) is 2.17. The highest BCUT2D eigenvalue weighted by Gasteiger charge is 2.18. The predicted octanol–water partition coefficient (Wildman–Crippen LogP) is 0.370. The summed E-state index contributed by atoms with van der Waals surface area (Å²) in [5.74, 6) is -0.453. The van der Waals surface area contributed by atoms with Crippen LogP contribution in [0, 0.1) is 0 Å². The number of carboxylic acid groups (broad SMARTS) is 1. The molecule has 1 unspecified atom stereocenters. The van der Waals surface area contributed by atoms with Crippen LogP contribution >= 0.6 is 0 Å². The van der Waals surface area contributed by atoms with Crippen molar-refractivity contribution in [1.29, 1.82) is 0 Å². The van der Waals surface area contributed by atoms with Gasteiger partial charge in [0, 0.05) is 0 Å². The number of aliphatic carboxylic acids is 1. The normalized spacial score (nSPS) is 11.9. The van der Waals surface area contributed by atoms with Crippen LogP contribution < -0.4 is 20.9 Å². The summed E-state index contributed by atoms with van der Waals surface area (Å²) in [5, 5.41) is 8.79. The Balaban J connectivity index is 3.26. The van der Waals surface area contributed by atoms with Gasteiger partial charge in [-0.1, -0.05) is 0 Å². The van der Waals surface area contributed by atoms with E-state index in [1.54, 1.807) is 0 Å². The largest absolute Gasteiger partial charge is 0.494 e. The van der Waals surface area contributed by atoms with E-state index in [4.69, 9.17) is 26.0 Å². The molecule has 0 saturated carbocycles. The molecular weight excluding hydrogens is 212 g/mol. The Bertz CT molecular complexity index is 381. The molecule has 16 heavy (non-hydrogen) atoms. The van der Waals surface area contributed by atoms with E-state index in [0.717, 1.165) is 0 Å². The SMILES string of the molecule is COc1cc(C(N)C(=O)O)cc(OC)c1N. The standard InChI is InChI=1S/C10H14N2O4/c1-15-6-3-5(8(11)10(13)14)4-7(16-2)9(6)12/h3-4,8H,11-12H2,1-2H3,(H,13,14). The minimum Gasteiger partial charge on any atom is -0.494 e. The van der Waals surface area contributed by atoms with Crippen LogP contribution in [0.1, 0.15) is 11.6 Å². The fourth-order valence-corrected chi connectivity index (χ4v) is 1.28.